The maximum atomic E-state index is 14.4. The summed E-state index contributed by atoms with van der Waals surface area (Å²) >= 11 is 3.31. The zero-order valence-electron chi connectivity index (χ0n) is 23.8. The monoisotopic (exact) mass is 665 g/mol. The van der Waals surface area contributed by atoms with E-state index >= 15 is 0 Å². The van der Waals surface area contributed by atoms with Gasteiger partial charge in [-0.15, -0.1) is 10.2 Å². The summed E-state index contributed by atoms with van der Waals surface area (Å²) < 4.78 is 62.7. The fourth-order valence-electron chi connectivity index (χ4n) is 4.23. The van der Waals surface area contributed by atoms with E-state index in [1.165, 1.54) is 30.9 Å². The van der Waals surface area contributed by atoms with Crippen LogP contribution in [0.3, 0.4) is 0 Å². The molecule has 1 atom stereocenters. The Kier molecular flexibility index (Phi) is 9.24. The number of nitrogens with zero attached hydrogens (tertiary/aromatic N) is 5. The Morgan fingerprint density at radius 3 is 2.37 bits per heavy atom. The van der Waals surface area contributed by atoms with Gasteiger partial charge in [-0.3, -0.25) is 9.55 Å². The molecule has 0 aliphatic heterocycles. The van der Waals surface area contributed by atoms with Gasteiger partial charge in [0.25, 0.3) is 0 Å². The minimum atomic E-state index is -4.06. The standard InChI is InChI=1S/C27H33BrFN5O5SSi/c1-18(15-21-20(28)16-19(29)17-30-21)40(35,36)33(12-14-41(4,5)6)27-32-31-26(24-11-8-13-39-24)34(27)25-22(37-2)9-7-10-23(25)38-3/h7-11,13,16-18H,12,14-15H2,1-6H3/t18-/m0/s1. The van der Waals surface area contributed by atoms with Gasteiger partial charge in [0.05, 0.1) is 37.6 Å². The molecule has 14 heteroatoms. The first-order chi connectivity index (χ1) is 19.4. The van der Waals surface area contributed by atoms with Crippen LogP contribution < -0.4 is 13.8 Å². The average molecular weight is 667 g/mol. The lowest BCUT2D eigenvalue weighted by Gasteiger charge is -2.29. The van der Waals surface area contributed by atoms with Crippen LogP contribution in [0.1, 0.15) is 12.6 Å². The highest BCUT2D eigenvalue weighted by Crippen LogP contribution is 2.39. The van der Waals surface area contributed by atoms with Crippen LogP contribution in [0, 0.1) is 5.82 Å². The van der Waals surface area contributed by atoms with Crippen molar-refractivity contribution in [2.45, 2.75) is 44.3 Å². The number of ether oxygens (including phenoxy) is 2. The van der Waals surface area contributed by atoms with E-state index in [0.29, 0.717) is 39.2 Å². The van der Waals surface area contributed by atoms with E-state index < -0.39 is 29.2 Å². The molecule has 3 heterocycles. The molecule has 41 heavy (non-hydrogen) atoms. The largest absolute Gasteiger partial charge is 0.494 e. The summed E-state index contributed by atoms with van der Waals surface area (Å²) in [5.41, 5.74) is 0.851. The third-order valence-corrected chi connectivity index (χ3v) is 11.0. The quantitative estimate of drug-likeness (QED) is 0.171. The first kappa shape index (κ1) is 30.7. The number of hydrogen-bond acceptors (Lipinski definition) is 8. The van der Waals surface area contributed by atoms with Crippen LogP contribution in [0.5, 0.6) is 11.5 Å². The number of aromatic nitrogens is 4. The Balaban J connectivity index is 1.92. The normalized spacial score (nSPS) is 12.8. The molecule has 0 radical (unpaired) electrons. The van der Waals surface area contributed by atoms with E-state index in [-0.39, 0.29) is 24.7 Å². The number of methoxy groups -OCH3 is 2. The molecule has 0 unspecified atom stereocenters. The van der Waals surface area contributed by atoms with Gasteiger partial charge < -0.3 is 13.9 Å². The summed E-state index contributed by atoms with van der Waals surface area (Å²) in [4.78, 5) is 4.12. The molecule has 4 aromatic rings. The van der Waals surface area contributed by atoms with Crippen molar-refractivity contribution in [1.82, 2.24) is 19.7 Å². The molecule has 0 spiro atoms. The molecule has 0 aliphatic carbocycles. The Morgan fingerprint density at radius 1 is 1.12 bits per heavy atom. The number of halogens is 2. The average Bonchev–Trinajstić information content (AvgIpc) is 3.59. The third kappa shape index (κ3) is 6.65. The summed E-state index contributed by atoms with van der Waals surface area (Å²) in [6, 6.07) is 10.6. The van der Waals surface area contributed by atoms with E-state index in [1.54, 1.807) is 41.8 Å². The van der Waals surface area contributed by atoms with Crippen LogP contribution in [0.25, 0.3) is 17.3 Å². The molecule has 10 nitrogen and oxygen atoms in total. The molecular formula is C27H33BrFN5O5SSi. The number of anilines is 1. The smallest absolute Gasteiger partial charge is 0.246 e. The molecule has 0 N–H and O–H groups in total. The lowest BCUT2D eigenvalue weighted by atomic mass is 10.2. The van der Waals surface area contributed by atoms with E-state index in [1.807, 2.05) is 0 Å². The molecule has 4 rings (SSSR count). The molecule has 0 amide bonds. The maximum absolute atomic E-state index is 14.4. The maximum Gasteiger partial charge on any atom is 0.246 e. The first-order valence-electron chi connectivity index (χ1n) is 12.9. The minimum absolute atomic E-state index is 0.0454. The Morgan fingerprint density at radius 2 is 1.80 bits per heavy atom. The van der Waals surface area contributed by atoms with Crippen molar-refractivity contribution in [1.29, 1.82) is 0 Å². The summed E-state index contributed by atoms with van der Waals surface area (Å²) in [6.45, 7) is 8.29. The summed E-state index contributed by atoms with van der Waals surface area (Å²) in [6.07, 6.45) is 2.62. The molecular weight excluding hydrogens is 633 g/mol. The van der Waals surface area contributed by atoms with Gasteiger partial charge in [-0.25, -0.2) is 17.1 Å². The number of benzene rings is 1. The lowest BCUT2D eigenvalue weighted by molar-refractivity contribution is 0.391. The van der Waals surface area contributed by atoms with Crippen molar-refractivity contribution in [2.24, 2.45) is 0 Å². The Hall–Kier alpha value is -3.23. The number of furan rings is 1. The third-order valence-electron chi connectivity index (χ3n) is 6.48. The van der Waals surface area contributed by atoms with Crippen molar-refractivity contribution < 1.29 is 26.7 Å². The Bertz CT molecular complexity index is 1590. The van der Waals surface area contributed by atoms with Crippen molar-refractivity contribution in [2.75, 3.05) is 25.1 Å². The summed E-state index contributed by atoms with van der Waals surface area (Å²) in [5, 5.41) is 7.86. The highest BCUT2D eigenvalue weighted by Gasteiger charge is 2.37. The number of rotatable bonds is 12. The predicted octanol–water partition coefficient (Wildman–Crippen LogP) is 5.95. The van der Waals surface area contributed by atoms with Crippen LogP contribution in [0.4, 0.5) is 10.3 Å². The fourth-order valence-corrected chi connectivity index (χ4v) is 7.26. The molecule has 0 bridgehead atoms. The van der Waals surface area contributed by atoms with Crippen LogP contribution >= 0.6 is 15.9 Å². The number of pyridine rings is 1. The van der Waals surface area contributed by atoms with E-state index in [0.717, 1.165) is 6.20 Å². The fraction of sp³-hybridized carbons (Fsp3) is 0.370. The van der Waals surface area contributed by atoms with Gasteiger partial charge in [-0.2, -0.15) is 0 Å². The molecule has 3 aromatic heterocycles. The number of para-hydroxylation sites is 1. The molecule has 220 valence electrons. The van der Waals surface area contributed by atoms with Crippen molar-refractivity contribution in [3.8, 4) is 28.8 Å². The topological polar surface area (TPSA) is 113 Å². The van der Waals surface area contributed by atoms with Gasteiger partial charge in [0.1, 0.15) is 23.0 Å². The molecule has 0 fully saturated rings. The van der Waals surface area contributed by atoms with Gasteiger partial charge in [-0.1, -0.05) is 25.7 Å². The second kappa shape index (κ2) is 12.3. The van der Waals surface area contributed by atoms with Gasteiger partial charge in [0.15, 0.2) is 5.76 Å². The van der Waals surface area contributed by atoms with Gasteiger partial charge in [0.2, 0.25) is 21.8 Å². The van der Waals surface area contributed by atoms with Crippen molar-refractivity contribution in [3.63, 3.8) is 0 Å². The summed E-state index contributed by atoms with van der Waals surface area (Å²) in [5.74, 6) is 1.05. The Labute approximate surface area is 248 Å². The van der Waals surface area contributed by atoms with Gasteiger partial charge >= 0.3 is 0 Å². The minimum Gasteiger partial charge on any atom is -0.494 e. The van der Waals surface area contributed by atoms with Crippen LogP contribution in [-0.4, -0.2) is 62.3 Å². The zero-order valence-corrected chi connectivity index (χ0v) is 27.2. The second-order valence-electron chi connectivity index (χ2n) is 10.7. The molecule has 1 aromatic carbocycles. The van der Waals surface area contributed by atoms with Gasteiger partial charge in [0, 0.05) is 25.5 Å². The lowest BCUT2D eigenvalue weighted by Crippen LogP contribution is -2.42. The molecule has 0 saturated carbocycles. The highest BCUT2D eigenvalue weighted by atomic mass is 79.9. The zero-order chi connectivity index (χ0) is 29.9. The van der Waals surface area contributed by atoms with Gasteiger partial charge in [-0.05, 0) is 59.2 Å². The van der Waals surface area contributed by atoms with Crippen LogP contribution in [-0.2, 0) is 16.4 Å². The molecule has 0 aliphatic rings. The highest BCUT2D eigenvalue weighted by molar-refractivity contribution is 9.10. The molecule has 0 saturated heterocycles. The van der Waals surface area contributed by atoms with Crippen molar-refractivity contribution >= 4 is 40.0 Å². The van der Waals surface area contributed by atoms with E-state index in [9.17, 15) is 12.8 Å². The predicted molar refractivity (Wildman–Crippen MR) is 162 cm³/mol. The van der Waals surface area contributed by atoms with Crippen LogP contribution in [0.15, 0.2) is 57.7 Å². The number of sulfonamides is 1. The second-order valence-corrected chi connectivity index (χ2v) is 19.4. The summed E-state index contributed by atoms with van der Waals surface area (Å²) in [7, 11) is -2.75. The van der Waals surface area contributed by atoms with Crippen LogP contribution in [0.2, 0.25) is 25.7 Å². The SMILES string of the molecule is COc1cccc(OC)c1-n1c(-c2ccco2)nnc1N(CC[Si](C)(C)C)S(=O)(=O)[C@@H](C)Cc1ncc(F)cc1Br. The van der Waals surface area contributed by atoms with E-state index in [2.05, 4.69) is 50.8 Å². The first-order valence-corrected chi connectivity index (χ1v) is 18.9. The van der Waals surface area contributed by atoms with E-state index in [4.69, 9.17) is 13.9 Å². The number of hydrogen-bond donors (Lipinski definition) is 0. The van der Waals surface area contributed by atoms with Crippen molar-refractivity contribution in [3.05, 3.63) is 64.8 Å².